The van der Waals surface area contributed by atoms with Crippen LogP contribution in [0.4, 0.5) is 4.39 Å². The number of carbonyl (C=O) groups is 1. The van der Waals surface area contributed by atoms with Crippen LogP contribution in [0.25, 0.3) is 5.69 Å². The maximum atomic E-state index is 13.3. The molecule has 110 valence electrons. The third-order valence-electron chi connectivity index (χ3n) is 3.22. The van der Waals surface area contributed by atoms with Crippen molar-refractivity contribution in [1.29, 1.82) is 0 Å². The number of rotatable bonds is 2. The highest BCUT2D eigenvalue weighted by Gasteiger charge is 2.27. The van der Waals surface area contributed by atoms with Gasteiger partial charge in [0, 0.05) is 16.5 Å². The van der Waals surface area contributed by atoms with Crippen molar-refractivity contribution < 1.29 is 19.0 Å². The maximum Gasteiger partial charge on any atom is 0.356 e. The molecule has 3 rings (SSSR count). The van der Waals surface area contributed by atoms with Crippen LogP contribution in [0.3, 0.4) is 0 Å². The van der Waals surface area contributed by atoms with Gasteiger partial charge in [0.25, 0.3) is 0 Å². The third kappa shape index (κ3) is 2.45. The molecule has 5 nitrogen and oxygen atoms in total. The quantitative estimate of drug-likeness (QED) is 0.875. The lowest BCUT2D eigenvalue weighted by molar-refractivity contribution is 0.0677. The first-order chi connectivity index (χ1) is 9.99. The van der Waals surface area contributed by atoms with Crippen molar-refractivity contribution in [2.24, 2.45) is 0 Å². The van der Waals surface area contributed by atoms with Gasteiger partial charge in [0.15, 0.2) is 5.69 Å². The number of aromatic nitrogens is 2. The lowest BCUT2D eigenvalue weighted by atomic mass is 10.1. The zero-order chi connectivity index (χ0) is 15.1. The molecule has 0 spiro atoms. The predicted molar refractivity (Wildman–Crippen MR) is 76.6 cm³/mol. The molecule has 8 heteroatoms. The zero-order valence-electron chi connectivity index (χ0n) is 10.6. The van der Waals surface area contributed by atoms with Crippen molar-refractivity contribution in [2.75, 3.05) is 6.61 Å². The largest absolute Gasteiger partial charge is 0.476 e. The molecule has 0 saturated heterocycles. The van der Waals surface area contributed by atoms with Gasteiger partial charge < -0.3 is 9.84 Å². The molecule has 1 N–H and O–H groups in total. The smallest absolute Gasteiger partial charge is 0.356 e. The number of carboxylic acids is 1. The van der Waals surface area contributed by atoms with Crippen LogP contribution in [0.2, 0.25) is 5.02 Å². The molecule has 0 fully saturated rings. The summed E-state index contributed by atoms with van der Waals surface area (Å²) in [5, 5.41) is 13.5. The molecule has 0 bridgehead atoms. The summed E-state index contributed by atoms with van der Waals surface area (Å²) in [6, 6.07) is 2.42. The Morgan fingerprint density at radius 2 is 2.29 bits per heavy atom. The molecule has 0 amide bonds. The molecule has 1 aliphatic heterocycles. The minimum atomic E-state index is -1.13. The van der Waals surface area contributed by atoms with E-state index in [1.54, 1.807) is 0 Å². The van der Waals surface area contributed by atoms with Crippen molar-refractivity contribution >= 4 is 33.5 Å². The molecule has 2 aromatic rings. The second-order valence-electron chi connectivity index (χ2n) is 4.51. The topological polar surface area (TPSA) is 64.3 Å². The van der Waals surface area contributed by atoms with Crippen LogP contribution in [0.15, 0.2) is 16.6 Å². The number of nitrogens with zero attached hydrogens (tertiary/aromatic N) is 2. The first-order valence-corrected chi connectivity index (χ1v) is 7.23. The summed E-state index contributed by atoms with van der Waals surface area (Å²) in [7, 11) is 0. The van der Waals surface area contributed by atoms with E-state index in [9.17, 15) is 14.3 Å². The average Bonchev–Trinajstić information content (AvgIpc) is 2.78. The fourth-order valence-corrected chi connectivity index (χ4v) is 3.33. The number of benzene rings is 1. The Balaban J connectivity index is 2.26. The Morgan fingerprint density at radius 3 is 2.95 bits per heavy atom. The van der Waals surface area contributed by atoms with Crippen molar-refractivity contribution in [3.8, 4) is 5.69 Å². The zero-order valence-corrected chi connectivity index (χ0v) is 12.9. The van der Waals surface area contributed by atoms with E-state index in [2.05, 4.69) is 21.0 Å². The molecule has 0 aliphatic carbocycles. The summed E-state index contributed by atoms with van der Waals surface area (Å²) >= 11 is 9.34. The third-order valence-corrected chi connectivity index (χ3v) is 4.11. The normalized spacial score (nSPS) is 14.0. The average molecular weight is 376 g/mol. The van der Waals surface area contributed by atoms with E-state index >= 15 is 0 Å². The fourth-order valence-electron chi connectivity index (χ4n) is 2.33. The monoisotopic (exact) mass is 374 g/mol. The fraction of sp³-hybridized carbons (Fsp3) is 0.231. The van der Waals surface area contributed by atoms with Crippen LogP contribution in [0, 0.1) is 5.82 Å². The van der Waals surface area contributed by atoms with E-state index in [1.165, 1.54) is 10.7 Å². The molecular weight excluding hydrogens is 367 g/mol. The molecule has 1 aromatic heterocycles. The number of fused-ring (bicyclic) bond motifs is 1. The van der Waals surface area contributed by atoms with Crippen molar-refractivity contribution in [2.45, 2.75) is 13.0 Å². The Bertz CT molecular complexity index is 724. The standard InChI is InChI=1S/C13H9BrClFN2O3/c14-8-3-6(16)4-9(15)12(8)18-10-1-2-21-5-7(10)11(17-18)13(19)20/h3-4H,1-2,5H2,(H,19,20). The van der Waals surface area contributed by atoms with Gasteiger partial charge in [-0.3, -0.25) is 0 Å². The number of aromatic carboxylic acids is 1. The molecule has 21 heavy (non-hydrogen) atoms. The number of halogens is 3. The lowest BCUT2D eigenvalue weighted by Crippen LogP contribution is -2.14. The minimum absolute atomic E-state index is 0.0722. The Kier molecular flexibility index (Phi) is 3.73. The second-order valence-corrected chi connectivity index (χ2v) is 5.77. The van der Waals surface area contributed by atoms with Crippen LogP contribution in [0.5, 0.6) is 0 Å². The molecule has 2 heterocycles. The number of hydrogen-bond acceptors (Lipinski definition) is 3. The minimum Gasteiger partial charge on any atom is -0.476 e. The summed E-state index contributed by atoms with van der Waals surface area (Å²) in [5.74, 6) is -1.62. The Morgan fingerprint density at radius 1 is 1.52 bits per heavy atom. The first kappa shape index (κ1) is 14.5. The van der Waals surface area contributed by atoms with Gasteiger partial charge in [0.05, 0.1) is 29.6 Å². The Labute approximate surface area is 132 Å². The van der Waals surface area contributed by atoms with E-state index in [4.69, 9.17) is 16.3 Å². The highest BCUT2D eigenvalue weighted by molar-refractivity contribution is 9.10. The van der Waals surface area contributed by atoms with Gasteiger partial charge in [0.2, 0.25) is 0 Å². The summed E-state index contributed by atoms with van der Waals surface area (Å²) in [6.45, 7) is 0.654. The van der Waals surface area contributed by atoms with Crippen LogP contribution >= 0.6 is 27.5 Å². The first-order valence-electron chi connectivity index (χ1n) is 6.05. The Hall–Kier alpha value is -1.44. The van der Waals surface area contributed by atoms with Crippen molar-refractivity contribution in [3.05, 3.63) is 44.4 Å². The van der Waals surface area contributed by atoms with Crippen LogP contribution < -0.4 is 0 Å². The SMILES string of the molecule is O=C(O)c1nn(-c2c(Cl)cc(F)cc2Br)c2c1COCC2. The summed E-state index contributed by atoms with van der Waals surface area (Å²) in [6.07, 6.45) is 0.510. The van der Waals surface area contributed by atoms with Crippen LogP contribution in [-0.2, 0) is 17.8 Å². The van der Waals surface area contributed by atoms with E-state index in [0.29, 0.717) is 34.4 Å². The van der Waals surface area contributed by atoms with Gasteiger partial charge >= 0.3 is 5.97 Å². The van der Waals surface area contributed by atoms with Gasteiger partial charge in [0.1, 0.15) is 5.82 Å². The van der Waals surface area contributed by atoms with E-state index in [0.717, 1.165) is 6.07 Å². The number of hydrogen-bond donors (Lipinski definition) is 1. The molecule has 0 atom stereocenters. The molecule has 0 saturated carbocycles. The van der Waals surface area contributed by atoms with Gasteiger partial charge in [-0.05, 0) is 28.1 Å². The maximum absolute atomic E-state index is 13.3. The molecular formula is C13H9BrClFN2O3. The lowest BCUT2D eigenvalue weighted by Gasteiger charge is -2.16. The van der Waals surface area contributed by atoms with Gasteiger partial charge in [-0.15, -0.1) is 0 Å². The van der Waals surface area contributed by atoms with E-state index in [-0.39, 0.29) is 17.3 Å². The summed E-state index contributed by atoms with van der Waals surface area (Å²) in [4.78, 5) is 11.3. The van der Waals surface area contributed by atoms with Gasteiger partial charge in [-0.1, -0.05) is 11.6 Å². The number of carboxylic acid groups (broad SMARTS) is 1. The van der Waals surface area contributed by atoms with Crippen LogP contribution in [-0.4, -0.2) is 27.5 Å². The number of ether oxygens (including phenoxy) is 1. The molecule has 0 unspecified atom stereocenters. The van der Waals surface area contributed by atoms with E-state index < -0.39 is 11.8 Å². The van der Waals surface area contributed by atoms with Gasteiger partial charge in [-0.2, -0.15) is 5.10 Å². The summed E-state index contributed by atoms with van der Waals surface area (Å²) in [5.41, 5.74) is 1.59. The van der Waals surface area contributed by atoms with Crippen molar-refractivity contribution in [3.63, 3.8) is 0 Å². The highest BCUT2D eigenvalue weighted by atomic mass is 79.9. The van der Waals surface area contributed by atoms with E-state index in [1.807, 2.05) is 0 Å². The van der Waals surface area contributed by atoms with Crippen LogP contribution in [0.1, 0.15) is 21.7 Å². The summed E-state index contributed by atoms with van der Waals surface area (Å²) < 4.78 is 20.5. The van der Waals surface area contributed by atoms with Crippen molar-refractivity contribution in [1.82, 2.24) is 9.78 Å². The second kappa shape index (κ2) is 5.40. The molecule has 0 radical (unpaired) electrons. The predicted octanol–water partition coefficient (Wildman–Crippen LogP) is 3.20. The molecule has 1 aromatic carbocycles. The highest BCUT2D eigenvalue weighted by Crippen LogP contribution is 2.33. The molecule has 1 aliphatic rings. The van der Waals surface area contributed by atoms with Gasteiger partial charge in [-0.25, -0.2) is 13.9 Å².